The minimum atomic E-state index is -0.295. The molecule has 2 aromatic rings. The fraction of sp³-hybridized carbons (Fsp3) is 0.333. The molecule has 2 heterocycles. The van der Waals surface area contributed by atoms with Crippen molar-refractivity contribution in [3.8, 4) is 11.5 Å². The lowest BCUT2D eigenvalue weighted by molar-refractivity contribution is -0.142. The summed E-state index contributed by atoms with van der Waals surface area (Å²) < 4.78 is 22.7. The Morgan fingerprint density at radius 2 is 2.09 bits per heavy atom. The third-order valence-corrected chi connectivity index (χ3v) is 6.00. The van der Waals surface area contributed by atoms with Crippen LogP contribution in [0.15, 0.2) is 65.6 Å². The number of hydrogen-bond acceptors (Lipinski definition) is 7. The predicted octanol–water partition coefficient (Wildman–Crippen LogP) is 4.32. The first kappa shape index (κ1) is 23.6. The molecule has 1 aliphatic carbocycles. The number of ether oxygens (including phenoxy) is 4. The molecule has 1 unspecified atom stereocenters. The number of carbonyl (C=O) groups excluding carboxylic acids is 1. The molecule has 0 saturated heterocycles. The Hall–Kier alpha value is -3.58. The monoisotopic (exact) mass is 462 g/mol. The Balaban J connectivity index is 1.52. The van der Waals surface area contributed by atoms with Crippen molar-refractivity contribution >= 4 is 11.5 Å². The maximum atomic E-state index is 12.1. The van der Waals surface area contributed by atoms with Gasteiger partial charge in [0.05, 0.1) is 31.5 Å². The SMILES string of the molecule is CCOC(=O)Cc1ccc(OC)cc1OCC1=C(C)OC2=CC=C(c3cccc(CN)n3)CC21. The lowest BCUT2D eigenvalue weighted by Gasteiger charge is -2.21. The molecule has 7 heteroatoms. The predicted molar refractivity (Wildman–Crippen MR) is 129 cm³/mol. The summed E-state index contributed by atoms with van der Waals surface area (Å²) in [4.78, 5) is 16.7. The number of methoxy groups -OCH3 is 1. The van der Waals surface area contributed by atoms with Crippen LogP contribution in [0.25, 0.3) is 5.57 Å². The molecule has 1 aliphatic heterocycles. The van der Waals surface area contributed by atoms with Crippen LogP contribution in [0.2, 0.25) is 0 Å². The zero-order chi connectivity index (χ0) is 24.1. The van der Waals surface area contributed by atoms with Crippen molar-refractivity contribution in [1.82, 2.24) is 4.98 Å². The van der Waals surface area contributed by atoms with E-state index in [1.54, 1.807) is 20.1 Å². The summed E-state index contributed by atoms with van der Waals surface area (Å²) in [6, 6.07) is 11.4. The van der Waals surface area contributed by atoms with Gasteiger partial charge in [-0.05, 0) is 50.1 Å². The lowest BCUT2D eigenvalue weighted by atomic mass is 9.86. The van der Waals surface area contributed by atoms with Gasteiger partial charge in [0.15, 0.2) is 0 Å². The first-order chi connectivity index (χ1) is 16.5. The van der Waals surface area contributed by atoms with Gasteiger partial charge in [-0.3, -0.25) is 9.78 Å². The van der Waals surface area contributed by atoms with Gasteiger partial charge in [-0.2, -0.15) is 0 Å². The van der Waals surface area contributed by atoms with Crippen LogP contribution >= 0.6 is 0 Å². The van der Waals surface area contributed by atoms with Crippen molar-refractivity contribution in [1.29, 1.82) is 0 Å². The van der Waals surface area contributed by atoms with E-state index >= 15 is 0 Å². The summed E-state index contributed by atoms with van der Waals surface area (Å²) in [7, 11) is 1.60. The van der Waals surface area contributed by atoms with Crippen molar-refractivity contribution in [3.63, 3.8) is 0 Å². The second kappa shape index (κ2) is 10.6. The molecule has 178 valence electrons. The van der Waals surface area contributed by atoms with Crippen LogP contribution < -0.4 is 15.2 Å². The second-order valence-corrected chi connectivity index (χ2v) is 8.16. The maximum Gasteiger partial charge on any atom is 0.310 e. The number of fused-ring (bicyclic) bond motifs is 1. The highest BCUT2D eigenvalue weighted by molar-refractivity contribution is 5.73. The molecule has 2 N–H and O–H groups in total. The first-order valence-corrected chi connectivity index (χ1v) is 11.4. The van der Waals surface area contributed by atoms with Crippen molar-refractivity contribution in [3.05, 3.63) is 82.6 Å². The molecule has 2 aliphatic rings. The van der Waals surface area contributed by atoms with E-state index in [2.05, 4.69) is 11.1 Å². The molecule has 1 aromatic carbocycles. The molecule has 1 atom stereocenters. The zero-order valence-electron chi connectivity index (χ0n) is 19.8. The molecule has 7 nitrogen and oxygen atoms in total. The fourth-order valence-electron chi connectivity index (χ4n) is 4.20. The Morgan fingerprint density at radius 1 is 1.24 bits per heavy atom. The average molecular weight is 463 g/mol. The molecule has 0 amide bonds. The summed E-state index contributed by atoms with van der Waals surface area (Å²) in [5.41, 5.74) is 10.5. The van der Waals surface area contributed by atoms with Crippen molar-refractivity contribution in [2.45, 2.75) is 33.2 Å². The quantitative estimate of drug-likeness (QED) is 0.555. The van der Waals surface area contributed by atoms with E-state index < -0.39 is 0 Å². The van der Waals surface area contributed by atoms with Crippen LogP contribution in [0.3, 0.4) is 0 Å². The van der Waals surface area contributed by atoms with E-state index in [1.165, 1.54) is 0 Å². The minimum Gasteiger partial charge on any atom is -0.497 e. The summed E-state index contributed by atoms with van der Waals surface area (Å²) >= 11 is 0. The van der Waals surface area contributed by atoms with Crippen LogP contribution in [-0.4, -0.2) is 31.3 Å². The van der Waals surface area contributed by atoms with Crippen LogP contribution in [0.4, 0.5) is 0 Å². The van der Waals surface area contributed by atoms with Gasteiger partial charge in [0.25, 0.3) is 0 Å². The number of rotatable bonds is 9. The van der Waals surface area contributed by atoms with Gasteiger partial charge in [-0.1, -0.05) is 18.2 Å². The van der Waals surface area contributed by atoms with Gasteiger partial charge in [0.1, 0.15) is 29.6 Å². The Labute approximate surface area is 199 Å². The number of aromatic nitrogens is 1. The van der Waals surface area contributed by atoms with Gasteiger partial charge in [0, 0.05) is 29.7 Å². The van der Waals surface area contributed by atoms with Gasteiger partial charge in [-0.25, -0.2) is 0 Å². The summed E-state index contributed by atoms with van der Waals surface area (Å²) in [5, 5.41) is 0. The van der Waals surface area contributed by atoms with Crippen LogP contribution in [-0.2, 0) is 27.2 Å². The van der Waals surface area contributed by atoms with E-state index in [1.807, 2.05) is 43.3 Å². The average Bonchev–Trinajstić information content (AvgIpc) is 3.17. The third-order valence-electron chi connectivity index (χ3n) is 6.00. The van der Waals surface area contributed by atoms with Crippen molar-refractivity contribution < 1.29 is 23.7 Å². The van der Waals surface area contributed by atoms with E-state index in [9.17, 15) is 4.79 Å². The van der Waals surface area contributed by atoms with Crippen molar-refractivity contribution in [2.24, 2.45) is 11.7 Å². The smallest absolute Gasteiger partial charge is 0.310 e. The highest BCUT2D eigenvalue weighted by atomic mass is 16.5. The first-order valence-electron chi connectivity index (χ1n) is 11.4. The number of carbonyl (C=O) groups is 1. The Morgan fingerprint density at radius 3 is 2.85 bits per heavy atom. The van der Waals surface area contributed by atoms with E-state index in [4.69, 9.17) is 24.7 Å². The van der Waals surface area contributed by atoms with Crippen LogP contribution in [0.1, 0.15) is 37.2 Å². The zero-order valence-corrected chi connectivity index (χ0v) is 19.8. The van der Waals surface area contributed by atoms with Crippen molar-refractivity contribution in [2.75, 3.05) is 20.3 Å². The molecule has 0 bridgehead atoms. The van der Waals surface area contributed by atoms with E-state index in [0.717, 1.165) is 46.0 Å². The summed E-state index contributed by atoms with van der Waals surface area (Å²) in [6.07, 6.45) is 4.96. The number of allylic oxidation sites excluding steroid dienone is 5. The number of nitrogens with zero attached hydrogens (tertiary/aromatic N) is 1. The van der Waals surface area contributed by atoms with E-state index in [-0.39, 0.29) is 18.3 Å². The van der Waals surface area contributed by atoms with Crippen LogP contribution in [0, 0.1) is 5.92 Å². The molecule has 34 heavy (non-hydrogen) atoms. The van der Waals surface area contributed by atoms with E-state index in [0.29, 0.717) is 31.3 Å². The number of benzene rings is 1. The Kier molecular flexibility index (Phi) is 7.33. The number of hydrogen-bond donors (Lipinski definition) is 1. The standard InChI is InChI=1S/C27H30N2O5/c1-4-32-27(30)13-19-8-10-21(31-3)14-26(19)33-16-23-17(2)34-25-11-9-18(12-22(23)25)24-7-5-6-20(15-28)29-24/h5-11,14,22H,4,12-13,15-16,28H2,1-3H3. The molecule has 0 radical (unpaired) electrons. The number of pyridine rings is 1. The highest BCUT2D eigenvalue weighted by Gasteiger charge is 2.33. The maximum absolute atomic E-state index is 12.1. The topological polar surface area (TPSA) is 92.9 Å². The fourth-order valence-corrected chi connectivity index (χ4v) is 4.20. The van der Waals surface area contributed by atoms with Gasteiger partial charge in [0.2, 0.25) is 0 Å². The Bertz CT molecular complexity index is 1170. The second-order valence-electron chi connectivity index (χ2n) is 8.16. The van der Waals surface area contributed by atoms with Gasteiger partial charge >= 0.3 is 5.97 Å². The molecule has 0 spiro atoms. The van der Waals surface area contributed by atoms with Crippen LogP contribution in [0.5, 0.6) is 11.5 Å². The molecule has 0 fully saturated rings. The molecular weight excluding hydrogens is 432 g/mol. The summed E-state index contributed by atoms with van der Waals surface area (Å²) in [6.45, 7) is 4.82. The van der Waals surface area contributed by atoms with Gasteiger partial charge in [-0.15, -0.1) is 0 Å². The third kappa shape index (κ3) is 5.15. The number of nitrogens with two attached hydrogens (primary N) is 1. The summed E-state index contributed by atoms with van der Waals surface area (Å²) in [5.74, 6) is 2.77. The number of esters is 1. The lowest BCUT2D eigenvalue weighted by Crippen LogP contribution is -2.15. The molecule has 4 rings (SSSR count). The molecule has 0 saturated carbocycles. The molecular formula is C27H30N2O5. The highest BCUT2D eigenvalue weighted by Crippen LogP contribution is 2.43. The minimum absolute atomic E-state index is 0.0717. The van der Waals surface area contributed by atoms with Gasteiger partial charge < -0.3 is 24.7 Å². The normalized spacial score (nSPS) is 16.9. The molecule has 1 aromatic heterocycles. The largest absolute Gasteiger partial charge is 0.497 e.